The minimum atomic E-state index is -0.109. The molecule has 3 rings (SSSR count). The van der Waals surface area contributed by atoms with Crippen LogP contribution in [0.25, 0.3) is 0 Å². The van der Waals surface area contributed by atoms with Crippen LogP contribution in [0.3, 0.4) is 0 Å². The molecule has 0 spiro atoms. The summed E-state index contributed by atoms with van der Waals surface area (Å²) in [4.78, 5) is 25.6. The van der Waals surface area contributed by atoms with Gasteiger partial charge in [-0.1, -0.05) is 13.3 Å². The number of aromatic nitrogens is 2. The van der Waals surface area contributed by atoms with Crippen molar-refractivity contribution in [1.82, 2.24) is 14.9 Å². The minimum Gasteiger partial charge on any atom is -0.378 e. The first kappa shape index (κ1) is 15.2. The highest BCUT2D eigenvalue weighted by Gasteiger charge is 2.38. The van der Waals surface area contributed by atoms with E-state index in [2.05, 4.69) is 21.8 Å². The van der Waals surface area contributed by atoms with Crippen LogP contribution in [0.5, 0.6) is 0 Å². The standard InChI is InChI=1S/C16H24N4O2/c1-4-5-12-6-17-11(2)18-15(12)20-7-13-9-22-10-14(8-20)19(3)16(13)21/h6,13-14H,4-5,7-10H2,1-3H3/t13-,14+/m1/s1. The number of fused-ring (bicyclic) bond motifs is 3. The summed E-state index contributed by atoms with van der Waals surface area (Å²) in [5, 5.41) is 0. The van der Waals surface area contributed by atoms with Crippen LogP contribution >= 0.6 is 0 Å². The Bertz CT molecular complexity index is 563. The molecule has 0 saturated carbocycles. The van der Waals surface area contributed by atoms with Gasteiger partial charge in [-0.05, 0) is 13.3 Å². The van der Waals surface area contributed by atoms with Gasteiger partial charge in [0.15, 0.2) is 0 Å². The molecule has 0 unspecified atom stereocenters. The lowest BCUT2D eigenvalue weighted by atomic mass is 10.1. The summed E-state index contributed by atoms with van der Waals surface area (Å²) in [6, 6.07) is 0.0877. The van der Waals surface area contributed by atoms with Gasteiger partial charge < -0.3 is 14.5 Å². The van der Waals surface area contributed by atoms with Gasteiger partial charge in [0.1, 0.15) is 11.6 Å². The minimum absolute atomic E-state index is 0.0877. The van der Waals surface area contributed by atoms with E-state index in [1.807, 2.05) is 25.1 Å². The van der Waals surface area contributed by atoms with Gasteiger partial charge in [0.2, 0.25) is 5.91 Å². The third kappa shape index (κ3) is 2.79. The fraction of sp³-hybridized carbons (Fsp3) is 0.688. The van der Waals surface area contributed by atoms with Crippen molar-refractivity contribution in [2.75, 3.05) is 38.3 Å². The van der Waals surface area contributed by atoms with E-state index in [9.17, 15) is 4.79 Å². The Balaban J connectivity index is 1.95. The first-order chi connectivity index (χ1) is 10.6. The fourth-order valence-corrected chi connectivity index (χ4v) is 3.27. The van der Waals surface area contributed by atoms with Crippen LogP contribution in [0.1, 0.15) is 24.7 Å². The summed E-state index contributed by atoms with van der Waals surface area (Å²) < 4.78 is 5.67. The number of aryl methyl sites for hydroxylation is 2. The molecule has 1 amide bonds. The third-order valence-corrected chi connectivity index (χ3v) is 4.53. The number of hydrogen-bond acceptors (Lipinski definition) is 5. The van der Waals surface area contributed by atoms with E-state index in [1.165, 1.54) is 5.56 Å². The molecular weight excluding hydrogens is 280 g/mol. The molecule has 2 bridgehead atoms. The number of hydrogen-bond donors (Lipinski definition) is 0. The van der Waals surface area contributed by atoms with Crippen LogP contribution < -0.4 is 4.90 Å². The maximum absolute atomic E-state index is 12.5. The monoisotopic (exact) mass is 304 g/mol. The maximum atomic E-state index is 12.5. The van der Waals surface area contributed by atoms with E-state index in [0.29, 0.717) is 19.8 Å². The van der Waals surface area contributed by atoms with Gasteiger partial charge in [0, 0.05) is 31.9 Å². The molecule has 0 N–H and O–H groups in total. The molecule has 22 heavy (non-hydrogen) atoms. The Morgan fingerprint density at radius 1 is 1.36 bits per heavy atom. The fourth-order valence-electron chi connectivity index (χ4n) is 3.27. The highest BCUT2D eigenvalue weighted by Crippen LogP contribution is 2.26. The van der Waals surface area contributed by atoms with Crippen molar-refractivity contribution in [3.63, 3.8) is 0 Å². The SMILES string of the molecule is CCCc1cnc(C)nc1N1C[C@@H]2COC[C@H](C1)N(C)C2=O. The number of ether oxygens (including phenoxy) is 1. The second-order valence-electron chi connectivity index (χ2n) is 6.26. The quantitative estimate of drug-likeness (QED) is 0.835. The maximum Gasteiger partial charge on any atom is 0.229 e. The largest absolute Gasteiger partial charge is 0.378 e. The summed E-state index contributed by atoms with van der Waals surface area (Å²) in [6.07, 6.45) is 3.95. The Kier molecular flexibility index (Phi) is 4.29. The van der Waals surface area contributed by atoms with Crippen molar-refractivity contribution >= 4 is 11.7 Å². The van der Waals surface area contributed by atoms with Crippen LogP contribution in [0, 0.1) is 12.8 Å². The van der Waals surface area contributed by atoms with Crippen molar-refractivity contribution < 1.29 is 9.53 Å². The number of likely N-dealkylation sites (N-methyl/N-ethyl adjacent to an activating group) is 1. The third-order valence-electron chi connectivity index (χ3n) is 4.53. The zero-order valence-electron chi connectivity index (χ0n) is 13.6. The molecular formula is C16H24N4O2. The van der Waals surface area contributed by atoms with E-state index < -0.39 is 0 Å². The molecule has 6 nitrogen and oxygen atoms in total. The van der Waals surface area contributed by atoms with Crippen LogP contribution in [0.15, 0.2) is 6.20 Å². The molecule has 1 aromatic rings. The number of rotatable bonds is 3. The zero-order chi connectivity index (χ0) is 15.7. The van der Waals surface area contributed by atoms with E-state index >= 15 is 0 Å². The van der Waals surface area contributed by atoms with Crippen LogP contribution in [-0.4, -0.2) is 60.2 Å². The Labute approximate surface area is 131 Å². The van der Waals surface area contributed by atoms with Crippen molar-refractivity contribution in [2.45, 2.75) is 32.7 Å². The van der Waals surface area contributed by atoms with Crippen molar-refractivity contribution in [3.05, 3.63) is 17.6 Å². The van der Waals surface area contributed by atoms with Crippen LogP contribution in [0.4, 0.5) is 5.82 Å². The van der Waals surface area contributed by atoms with Crippen LogP contribution in [0.2, 0.25) is 0 Å². The van der Waals surface area contributed by atoms with Gasteiger partial charge in [0.05, 0.1) is 25.2 Å². The number of amides is 1. The molecule has 3 heterocycles. The van der Waals surface area contributed by atoms with E-state index in [4.69, 9.17) is 4.74 Å². The van der Waals surface area contributed by atoms with Gasteiger partial charge in [-0.3, -0.25) is 4.79 Å². The molecule has 0 aliphatic carbocycles. The predicted octanol–water partition coefficient (Wildman–Crippen LogP) is 1.03. The first-order valence-electron chi connectivity index (χ1n) is 8.02. The van der Waals surface area contributed by atoms with Crippen molar-refractivity contribution in [2.24, 2.45) is 5.92 Å². The topological polar surface area (TPSA) is 58.6 Å². The summed E-state index contributed by atoms with van der Waals surface area (Å²) >= 11 is 0. The second kappa shape index (κ2) is 6.20. The zero-order valence-corrected chi connectivity index (χ0v) is 13.6. The smallest absolute Gasteiger partial charge is 0.229 e. The van der Waals surface area contributed by atoms with Gasteiger partial charge >= 0.3 is 0 Å². The Morgan fingerprint density at radius 2 is 2.18 bits per heavy atom. The lowest BCUT2D eigenvalue weighted by Crippen LogP contribution is -2.43. The molecule has 1 aromatic heterocycles. The molecule has 2 atom stereocenters. The molecule has 2 fully saturated rings. The van der Waals surface area contributed by atoms with Gasteiger partial charge in [-0.2, -0.15) is 0 Å². The van der Waals surface area contributed by atoms with Crippen molar-refractivity contribution in [3.8, 4) is 0 Å². The van der Waals surface area contributed by atoms with E-state index in [0.717, 1.165) is 31.0 Å². The number of nitrogens with zero attached hydrogens (tertiary/aromatic N) is 4. The van der Waals surface area contributed by atoms with Gasteiger partial charge in [-0.25, -0.2) is 9.97 Å². The number of carbonyl (C=O) groups is 1. The van der Waals surface area contributed by atoms with Crippen LogP contribution in [-0.2, 0) is 16.0 Å². The number of anilines is 1. The van der Waals surface area contributed by atoms with Gasteiger partial charge in [0.25, 0.3) is 0 Å². The summed E-state index contributed by atoms with van der Waals surface area (Å²) in [5.74, 6) is 1.85. The highest BCUT2D eigenvalue weighted by atomic mass is 16.5. The predicted molar refractivity (Wildman–Crippen MR) is 83.8 cm³/mol. The highest BCUT2D eigenvalue weighted by molar-refractivity contribution is 5.80. The molecule has 120 valence electrons. The Hall–Kier alpha value is -1.69. The molecule has 0 aromatic carbocycles. The Morgan fingerprint density at radius 3 is 2.95 bits per heavy atom. The first-order valence-corrected chi connectivity index (χ1v) is 8.02. The number of carbonyl (C=O) groups excluding carboxylic acids is 1. The molecule has 2 saturated heterocycles. The molecule has 0 radical (unpaired) electrons. The summed E-state index contributed by atoms with van der Waals surface area (Å²) in [7, 11) is 1.89. The molecule has 6 heteroatoms. The summed E-state index contributed by atoms with van der Waals surface area (Å²) in [6.45, 7) is 6.62. The van der Waals surface area contributed by atoms with E-state index in [1.54, 1.807) is 0 Å². The lowest BCUT2D eigenvalue weighted by molar-refractivity contribution is -0.133. The molecule has 2 aliphatic rings. The average molecular weight is 304 g/mol. The van der Waals surface area contributed by atoms with Crippen molar-refractivity contribution in [1.29, 1.82) is 0 Å². The van der Waals surface area contributed by atoms with Gasteiger partial charge in [-0.15, -0.1) is 0 Å². The average Bonchev–Trinajstić information content (AvgIpc) is 2.67. The lowest BCUT2D eigenvalue weighted by Gasteiger charge is -2.31. The summed E-state index contributed by atoms with van der Waals surface area (Å²) in [5.41, 5.74) is 1.17. The van der Waals surface area contributed by atoms with E-state index in [-0.39, 0.29) is 17.9 Å². The second-order valence-corrected chi connectivity index (χ2v) is 6.26. The normalized spacial score (nSPS) is 25.3. The molecule has 2 aliphatic heterocycles.